The van der Waals surface area contributed by atoms with Gasteiger partial charge in [-0.1, -0.05) is 34.1 Å². The van der Waals surface area contributed by atoms with Crippen LogP contribution in [-0.4, -0.2) is 39.8 Å². The number of ether oxygens (including phenoxy) is 2. The SMILES string of the molecule is CCCC1COC2(CC(C)(CC)N(O)C(C)(CC)C2C)O1. The van der Waals surface area contributed by atoms with Gasteiger partial charge in [-0.05, 0) is 33.1 Å². The largest absolute Gasteiger partial charge is 0.347 e. The molecule has 0 aliphatic carbocycles. The summed E-state index contributed by atoms with van der Waals surface area (Å²) in [7, 11) is 0. The zero-order valence-corrected chi connectivity index (χ0v) is 14.6. The molecular weight excluding hydrogens is 266 g/mol. The number of hydrogen-bond acceptors (Lipinski definition) is 4. The molecule has 2 heterocycles. The first kappa shape index (κ1) is 17.2. The molecule has 21 heavy (non-hydrogen) atoms. The number of hydroxylamine groups is 2. The third-order valence-electron chi connectivity index (χ3n) is 6.18. The summed E-state index contributed by atoms with van der Waals surface area (Å²) in [5.74, 6) is -0.421. The summed E-state index contributed by atoms with van der Waals surface area (Å²) in [5, 5.41) is 12.4. The van der Waals surface area contributed by atoms with E-state index in [4.69, 9.17) is 9.47 Å². The third kappa shape index (κ3) is 2.54. The van der Waals surface area contributed by atoms with Gasteiger partial charge < -0.3 is 14.7 Å². The summed E-state index contributed by atoms with van der Waals surface area (Å²) < 4.78 is 12.7. The second-order valence-electron chi connectivity index (χ2n) is 7.42. The normalized spacial score (nSPS) is 48.1. The summed E-state index contributed by atoms with van der Waals surface area (Å²) in [6.07, 6.45) is 4.82. The maximum atomic E-state index is 10.9. The first-order valence-electron chi connectivity index (χ1n) is 8.59. The van der Waals surface area contributed by atoms with Crippen LogP contribution in [0, 0.1) is 5.92 Å². The monoisotopic (exact) mass is 299 g/mol. The van der Waals surface area contributed by atoms with E-state index < -0.39 is 5.79 Å². The predicted molar refractivity (Wildman–Crippen MR) is 83.3 cm³/mol. The molecule has 0 amide bonds. The molecule has 0 bridgehead atoms. The smallest absolute Gasteiger partial charge is 0.175 e. The molecule has 0 radical (unpaired) electrons. The molecule has 0 aromatic rings. The van der Waals surface area contributed by atoms with Gasteiger partial charge >= 0.3 is 0 Å². The maximum absolute atomic E-state index is 10.9. The molecule has 2 rings (SSSR count). The van der Waals surface area contributed by atoms with Crippen LogP contribution in [-0.2, 0) is 9.47 Å². The van der Waals surface area contributed by atoms with Crippen molar-refractivity contribution < 1.29 is 14.7 Å². The van der Waals surface area contributed by atoms with Crippen LogP contribution in [0.3, 0.4) is 0 Å². The zero-order valence-electron chi connectivity index (χ0n) is 14.6. The molecule has 124 valence electrons. The summed E-state index contributed by atoms with van der Waals surface area (Å²) in [6, 6.07) is 0. The third-order valence-corrected chi connectivity index (χ3v) is 6.18. The van der Waals surface area contributed by atoms with Crippen molar-refractivity contribution in [1.82, 2.24) is 5.06 Å². The Morgan fingerprint density at radius 2 is 1.86 bits per heavy atom. The van der Waals surface area contributed by atoms with Crippen molar-refractivity contribution in [2.45, 2.75) is 96.6 Å². The Kier molecular flexibility index (Phi) is 4.75. The van der Waals surface area contributed by atoms with Gasteiger partial charge in [0.25, 0.3) is 0 Å². The Labute approximate surface area is 129 Å². The lowest BCUT2D eigenvalue weighted by Crippen LogP contribution is -2.70. The quantitative estimate of drug-likeness (QED) is 0.853. The molecule has 1 spiro atoms. The van der Waals surface area contributed by atoms with E-state index in [1.54, 1.807) is 5.06 Å². The van der Waals surface area contributed by atoms with Crippen LogP contribution in [0.5, 0.6) is 0 Å². The van der Waals surface area contributed by atoms with Crippen LogP contribution in [0.25, 0.3) is 0 Å². The van der Waals surface area contributed by atoms with Gasteiger partial charge in [0.2, 0.25) is 0 Å². The molecule has 0 aromatic carbocycles. The fraction of sp³-hybridized carbons (Fsp3) is 1.00. The second-order valence-corrected chi connectivity index (χ2v) is 7.42. The molecule has 2 fully saturated rings. The van der Waals surface area contributed by atoms with E-state index in [1.807, 2.05) is 0 Å². The highest BCUT2D eigenvalue weighted by Gasteiger charge is 2.63. The van der Waals surface area contributed by atoms with Crippen LogP contribution >= 0.6 is 0 Å². The van der Waals surface area contributed by atoms with Crippen LogP contribution in [0.15, 0.2) is 0 Å². The second kappa shape index (κ2) is 5.80. The molecule has 2 aliphatic rings. The van der Waals surface area contributed by atoms with E-state index in [-0.39, 0.29) is 23.1 Å². The minimum absolute atomic E-state index is 0.126. The molecule has 1 N–H and O–H groups in total. The Hall–Kier alpha value is -0.160. The van der Waals surface area contributed by atoms with Crippen molar-refractivity contribution in [2.24, 2.45) is 5.92 Å². The molecule has 4 heteroatoms. The number of piperidine rings is 1. The summed E-state index contributed by atoms with van der Waals surface area (Å²) >= 11 is 0. The van der Waals surface area contributed by atoms with E-state index >= 15 is 0 Å². The lowest BCUT2D eigenvalue weighted by atomic mass is 9.67. The predicted octanol–water partition coefficient (Wildman–Crippen LogP) is 3.97. The van der Waals surface area contributed by atoms with Gasteiger partial charge in [-0.15, -0.1) is 0 Å². The molecule has 5 atom stereocenters. The first-order chi connectivity index (χ1) is 9.78. The molecule has 0 aromatic heterocycles. The summed E-state index contributed by atoms with van der Waals surface area (Å²) in [5.41, 5.74) is -0.636. The fourth-order valence-electron chi connectivity index (χ4n) is 4.13. The zero-order chi connectivity index (χ0) is 15.9. The van der Waals surface area contributed by atoms with Crippen molar-refractivity contribution in [3.63, 3.8) is 0 Å². The summed E-state index contributed by atoms with van der Waals surface area (Å²) in [6.45, 7) is 13.5. The topological polar surface area (TPSA) is 41.9 Å². The highest BCUT2D eigenvalue weighted by atomic mass is 16.7. The average molecular weight is 299 g/mol. The van der Waals surface area contributed by atoms with E-state index in [2.05, 4.69) is 41.5 Å². The standard InChI is InChI=1S/C17H33NO3/c1-7-10-14-11-20-17(21-14)12-15(5,8-2)18(19)16(6,9-3)13(17)4/h13-14,19H,7-12H2,1-6H3. The highest BCUT2D eigenvalue weighted by Crippen LogP contribution is 2.53. The van der Waals surface area contributed by atoms with Crippen molar-refractivity contribution in [3.8, 4) is 0 Å². The van der Waals surface area contributed by atoms with Gasteiger partial charge in [-0.3, -0.25) is 0 Å². The van der Waals surface area contributed by atoms with Crippen LogP contribution in [0.2, 0.25) is 0 Å². The van der Waals surface area contributed by atoms with Gasteiger partial charge in [0.1, 0.15) is 0 Å². The van der Waals surface area contributed by atoms with E-state index in [1.165, 1.54) is 0 Å². The Morgan fingerprint density at radius 1 is 1.19 bits per heavy atom. The maximum Gasteiger partial charge on any atom is 0.175 e. The molecule has 5 unspecified atom stereocenters. The van der Waals surface area contributed by atoms with Crippen LogP contribution in [0.4, 0.5) is 0 Å². The molecule has 2 aliphatic heterocycles. The van der Waals surface area contributed by atoms with Gasteiger partial charge in [0.15, 0.2) is 5.79 Å². The minimum Gasteiger partial charge on any atom is -0.347 e. The Balaban J connectivity index is 2.34. The van der Waals surface area contributed by atoms with Crippen molar-refractivity contribution in [2.75, 3.05) is 6.61 Å². The Bertz CT molecular complexity index is 377. The van der Waals surface area contributed by atoms with Gasteiger partial charge in [0.05, 0.1) is 18.2 Å². The number of nitrogens with zero attached hydrogens (tertiary/aromatic N) is 1. The molecular formula is C17H33NO3. The van der Waals surface area contributed by atoms with Crippen molar-refractivity contribution in [1.29, 1.82) is 0 Å². The van der Waals surface area contributed by atoms with Crippen molar-refractivity contribution >= 4 is 0 Å². The van der Waals surface area contributed by atoms with E-state index in [0.29, 0.717) is 6.61 Å². The summed E-state index contributed by atoms with van der Waals surface area (Å²) in [4.78, 5) is 0. The minimum atomic E-state index is -0.547. The fourth-order valence-corrected chi connectivity index (χ4v) is 4.13. The highest BCUT2D eigenvalue weighted by molar-refractivity contribution is 5.08. The van der Waals surface area contributed by atoms with E-state index in [0.717, 1.165) is 32.1 Å². The Morgan fingerprint density at radius 3 is 2.38 bits per heavy atom. The van der Waals surface area contributed by atoms with Crippen LogP contribution in [0.1, 0.15) is 73.6 Å². The van der Waals surface area contributed by atoms with Crippen molar-refractivity contribution in [3.05, 3.63) is 0 Å². The number of rotatable bonds is 4. The molecule has 0 saturated carbocycles. The van der Waals surface area contributed by atoms with Gasteiger partial charge in [-0.25, -0.2) is 0 Å². The van der Waals surface area contributed by atoms with Gasteiger partial charge in [-0.2, -0.15) is 5.06 Å². The lowest BCUT2D eigenvalue weighted by molar-refractivity contribution is -0.352. The molecule has 4 nitrogen and oxygen atoms in total. The molecule has 2 saturated heterocycles. The van der Waals surface area contributed by atoms with Gasteiger partial charge in [0, 0.05) is 17.9 Å². The lowest BCUT2D eigenvalue weighted by Gasteiger charge is -2.60. The number of hydrogen-bond donors (Lipinski definition) is 1. The average Bonchev–Trinajstić information content (AvgIpc) is 2.87. The van der Waals surface area contributed by atoms with E-state index in [9.17, 15) is 5.21 Å². The van der Waals surface area contributed by atoms with Crippen LogP contribution < -0.4 is 0 Å². The first-order valence-corrected chi connectivity index (χ1v) is 8.59.